The fraction of sp³-hybridized carbons (Fsp3) is 0.762. The van der Waals surface area contributed by atoms with Gasteiger partial charge >= 0.3 is 8.53 Å². The first-order valence-corrected chi connectivity index (χ1v) is 11.8. The largest absolute Gasteiger partial charge is 0.425 e. The lowest BCUT2D eigenvalue weighted by Crippen LogP contribution is -2.41. The second-order valence-electron chi connectivity index (χ2n) is 8.93. The van der Waals surface area contributed by atoms with E-state index in [1.54, 1.807) is 0 Å². The number of hydrogen-bond acceptors (Lipinski definition) is 7. The first kappa shape index (κ1) is 23.3. The Hall–Kier alpha value is -1.34. The van der Waals surface area contributed by atoms with E-state index < -0.39 is 31.6 Å². The predicted molar refractivity (Wildman–Crippen MR) is 116 cm³/mol. The van der Waals surface area contributed by atoms with Crippen molar-refractivity contribution >= 4 is 26.7 Å². The summed E-state index contributed by atoms with van der Waals surface area (Å²) in [5.74, 6) is -1.27. The molecule has 0 aromatic carbocycles. The van der Waals surface area contributed by atoms with Crippen molar-refractivity contribution in [3.63, 3.8) is 0 Å². The standard InChI is InChI=1S/C21H34N3O5P/c1-8-22-13-28-30(24(14(2)3)15(4)5)27-12-11-23-18(25)16-17(19(23)26)21(7)10-9-20(16,6)29-21/h9-10,13-17H,8,11-12H2,1-7H3/t16-,17+,20?,21?,30?. The minimum absolute atomic E-state index is 0.174. The van der Waals surface area contributed by atoms with Crippen LogP contribution in [0.5, 0.6) is 0 Å². The fourth-order valence-electron chi connectivity index (χ4n) is 4.79. The van der Waals surface area contributed by atoms with Crippen molar-refractivity contribution in [2.24, 2.45) is 16.8 Å². The summed E-state index contributed by atoms with van der Waals surface area (Å²) >= 11 is 0. The van der Waals surface area contributed by atoms with E-state index in [1.165, 1.54) is 11.3 Å². The molecule has 2 bridgehead atoms. The second-order valence-corrected chi connectivity index (χ2v) is 10.3. The van der Waals surface area contributed by atoms with Crippen LogP contribution < -0.4 is 0 Å². The Balaban J connectivity index is 1.66. The van der Waals surface area contributed by atoms with Gasteiger partial charge in [0, 0.05) is 18.6 Å². The molecule has 0 saturated carbocycles. The molecule has 8 nitrogen and oxygen atoms in total. The van der Waals surface area contributed by atoms with E-state index in [9.17, 15) is 9.59 Å². The number of imide groups is 1. The molecule has 0 N–H and O–H groups in total. The molecule has 0 spiro atoms. The molecule has 9 heteroatoms. The van der Waals surface area contributed by atoms with Crippen molar-refractivity contribution in [1.29, 1.82) is 0 Å². The Morgan fingerprint density at radius 2 is 1.70 bits per heavy atom. The number of ether oxygens (including phenoxy) is 1. The zero-order valence-corrected chi connectivity index (χ0v) is 19.9. The van der Waals surface area contributed by atoms with E-state index in [2.05, 4.69) is 37.4 Å². The fourth-order valence-corrected chi connectivity index (χ4v) is 6.24. The molecule has 3 unspecified atom stereocenters. The van der Waals surface area contributed by atoms with E-state index in [0.29, 0.717) is 6.54 Å². The summed E-state index contributed by atoms with van der Waals surface area (Å²) in [5.41, 5.74) is -1.42. The van der Waals surface area contributed by atoms with Crippen molar-refractivity contribution in [3.8, 4) is 0 Å². The second kappa shape index (κ2) is 8.65. The average Bonchev–Trinajstić information content (AvgIpc) is 3.19. The molecule has 0 radical (unpaired) electrons. The van der Waals surface area contributed by atoms with Crippen LogP contribution in [0.25, 0.3) is 0 Å². The van der Waals surface area contributed by atoms with Crippen LogP contribution in [-0.4, -0.2) is 70.8 Å². The monoisotopic (exact) mass is 439 g/mol. The Kier molecular flexibility index (Phi) is 6.73. The first-order chi connectivity index (χ1) is 14.1. The van der Waals surface area contributed by atoms with Crippen LogP contribution in [0.1, 0.15) is 48.5 Å². The third-order valence-electron chi connectivity index (χ3n) is 5.98. The smallest absolute Gasteiger partial charge is 0.322 e. The Morgan fingerprint density at radius 3 is 2.17 bits per heavy atom. The van der Waals surface area contributed by atoms with Gasteiger partial charge in [-0.15, -0.1) is 0 Å². The lowest BCUT2D eigenvalue weighted by Gasteiger charge is -2.34. The van der Waals surface area contributed by atoms with Gasteiger partial charge < -0.3 is 13.8 Å². The molecule has 3 rings (SSSR count). The molecule has 2 saturated heterocycles. The third-order valence-corrected chi connectivity index (χ3v) is 7.95. The molecule has 168 valence electrons. The summed E-state index contributed by atoms with van der Waals surface area (Å²) < 4.78 is 20.0. The van der Waals surface area contributed by atoms with Gasteiger partial charge in [-0.05, 0) is 48.5 Å². The molecule has 3 aliphatic rings. The molecule has 3 heterocycles. The van der Waals surface area contributed by atoms with E-state index in [0.717, 1.165) is 0 Å². The lowest BCUT2D eigenvalue weighted by atomic mass is 9.73. The van der Waals surface area contributed by atoms with Gasteiger partial charge in [-0.1, -0.05) is 12.2 Å². The highest BCUT2D eigenvalue weighted by Crippen LogP contribution is 2.57. The summed E-state index contributed by atoms with van der Waals surface area (Å²) in [5, 5.41) is 0. The Bertz CT molecular complexity index is 698. The topological polar surface area (TPSA) is 80.7 Å². The van der Waals surface area contributed by atoms with Crippen LogP contribution in [0.3, 0.4) is 0 Å². The third kappa shape index (κ3) is 3.95. The number of carbonyl (C=O) groups is 2. The minimum Gasteiger partial charge on any atom is -0.425 e. The Labute approximate surface area is 180 Å². The number of amides is 2. The van der Waals surface area contributed by atoms with Crippen molar-refractivity contribution in [1.82, 2.24) is 9.57 Å². The number of carbonyl (C=O) groups excluding carboxylic acids is 2. The van der Waals surface area contributed by atoms with E-state index in [1.807, 2.05) is 32.9 Å². The number of aliphatic imine (C=N–C) groups is 1. The van der Waals surface area contributed by atoms with Crippen molar-refractivity contribution in [3.05, 3.63) is 12.2 Å². The predicted octanol–water partition coefficient (Wildman–Crippen LogP) is 3.13. The van der Waals surface area contributed by atoms with Gasteiger partial charge in [0.2, 0.25) is 11.8 Å². The van der Waals surface area contributed by atoms with E-state index in [-0.39, 0.29) is 37.0 Å². The SMILES string of the molecule is CCN=COP(OCCN1C(=O)[C@@H]2[C@H](C1=O)C1(C)C=CC2(C)O1)N(C(C)C)C(C)C. The number of rotatable bonds is 10. The van der Waals surface area contributed by atoms with Crippen LogP contribution in [0.4, 0.5) is 0 Å². The number of hydrogen-bond donors (Lipinski definition) is 0. The Morgan fingerprint density at radius 1 is 1.17 bits per heavy atom. The molecule has 2 fully saturated rings. The molecule has 3 aliphatic heterocycles. The highest BCUT2D eigenvalue weighted by Gasteiger charge is 2.70. The van der Waals surface area contributed by atoms with Crippen molar-refractivity contribution < 1.29 is 23.4 Å². The highest BCUT2D eigenvalue weighted by atomic mass is 31.2. The lowest BCUT2D eigenvalue weighted by molar-refractivity contribution is -0.146. The van der Waals surface area contributed by atoms with Gasteiger partial charge in [0.1, 0.15) is 0 Å². The zero-order valence-electron chi connectivity index (χ0n) is 19.0. The zero-order chi connectivity index (χ0) is 22.3. The molecule has 30 heavy (non-hydrogen) atoms. The van der Waals surface area contributed by atoms with Gasteiger partial charge in [-0.3, -0.25) is 19.5 Å². The molecule has 0 aromatic heterocycles. The summed E-state index contributed by atoms with van der Waals surface area (Å²) in [6, 6.07) is 0.415. The van der Waals surface area contributed by atoms with Crippen molar-refractivity contribution in [2.45, 2.75) is 71.8 Å². The summed E-state index contributed by atoms with van der Waals surface area (Å²) in [6.07, 6.45) is 5.27. The normalized spacial score (nSPS) is 33.7. The maximum Gasteiger partial charge on any atom is 0.322 e. The van der Waals surface area contributed by atoms with Crippen LogP contribution >= 0.6 is 8.53 Å². The highest BCUT2D eigenvalue weighted by molar-refractivity contribution is 7.45. The molecular formula is C21H34N3O5P. The van der Waals surface area contributed by atoms with Gasteiger partial charge in [-0.2, -0.15) is 0 Å². The molecule has 5 atom stereocenters. The van der Waals surface area contributed by atoms with Gasteiger partial charge in [0.15, 0.2) is 6.40 Å². The summed E-state index contributed by atoms with van der Waals surface area (Å²) in [6.45, 7) is 15.1. The molecular weight excluding hydrogens is 405 g/mol. The quantitative estimate of drug-likeness (QED) is 0.171. The average molecular weight is 439 g/mol. The van der Waals surface area contributed by atoms with E-state index >= 15 is 0 Å². The van der Waals surface area contributed by atoms with E-state index in [4.69, 9.17) is 13.8 Å². The summed E-state index contributed by atoms with van der Waals surface area (Å²) in [7, 11) is -1.40. The minimum atomic E-state index is -1.40. The van der Waals surface area contributed by atoms with Crippen LogP contribution in [0, 0.1) is 11.8 Å². The van der Waals surface area contributed by atoms with Crippen LogP contribution in [0.2, 0.25) is 0 Å². The molecule has 0 aliphatic carbocycles. The maximum absolute atomic E-state index is 13.0. The molecule has 0 aromatic rings. The van der Waals surface area contributed by atoms with Gasteiger partial charge in [-0.25, -0.2) is 4.67 Å². The van der Waals surface area contributed by atoms with Gasteiger partial charge in [0.25, 0.3) is 0 Å². The van der Waals surface area contributed by atoms with Gasteiger partial charge in [0.05, 0.1) is 36.2 Å². The van der Waals surface area contributed by atoms with Crippen molar-refractivity contribution in [2.75, 3.05) is 19.7 Å². The number of likely N-dealkylation sites (tertiary alicyclic amines) is 1. The summed E-state index contributed by atoms with van der Waals surface area (Å²) in [4.78, 5) is 31.6. The first-order valence-electron chi connectivity index (χ1n) is 10.7. The number of fused-ring (bicyclic) bond motifs is 5. The van der Waals surface area contributed by atoms with Crippen LogP contribution in [0.15, 0.2) is 17.1 Å². The van der Waals surface area contributed by atoms with Crippen LogP contribution in [-0.2, 0) is 23.4 Å². The molecule has 2 amide bonds. The number of nitrogens with zero attached hydrogens (tertiary/aromatic N) is 3. The maximum atomic E-state index is 13.0.